The van der Waals surface area contributed by atoms with Crippen LogP contribution < -0.4 is 5.32 Å². The van der Waals surface area contributed by atoms with Crippen molar-refractivity contribution in [2.24, 2.45) is 0 Å². The molecule has 0 saturated carbocycles. The second-order valence-electron chi connectivity index (χ2n) is 4.02. The minimum Gasteiger partial charge on any atom is -0.465 e. The first-order valence-electron chi connectivity index (χ1n) is 6.34. The van der Waals surface area contributed by atoms with Gasteiger partial charge in [0.05, 0.1) is 19.7 Å². The smallest absolute Gasteiger partial charge is 0.320 e. The van der Waals surface area contributed by atoms with E-state index in [4.69, 9.17) is 4.74 Å². The van der Waals surface area contributed by atoms with Crippen LogP contribution in [0, 0.1) is 0 Å². The minimum atomic E-state index is -0.330. The number of nitrogens with one attached hydrogen (secondary N) is 1. The Labute approximate surface area is 126 Å². The molecule has 0 spiro atoms. The maximum absolute atomic E-state index is 11.8. The van der Waals surface area contributed by atoms with Crippen molar-refractivity contribution in [1.29, 1.82) is 0 Å². The molecule has 0 unspecified atom stereocenters. The summed E-state index contributed by atoms with van der Waals surface area (Å²) < 4.78 is 5.70. The third-order valence-corrected chi connectivity index (χ3v) is 2.94. The van der Waals surface area contributed by atoms with Gasteiger partial charge in [0.1, 0.15) is 5.82 Å². The Hall–Kier alpha value is -1.47. The van der Waals surface area contributed by atoms with Gasteiger partial charge < -0.3 is 10.1 Å². The van der Waals surface area contributed by atoms with Crippen molar-refractivity contribution in [2.45, 2.75) is 13.8 Å². The molecular formula is C13H18BrN3O3. The highest BCUT2D eigenvalue weighted by Crippen LogP contribution is 2.10. The van der Waals surface area contributed by atoms with Crippen LogP contribution in [0.5, 0.6) is 0 Å². The predicted octanol–water partition coefficient (Wildman–Crippen LogP) is 1.67. The number of carbonyl (C=O) groups is 2. The predicted molar refractivity (Wildman–Crippen MR) is 79.3 cm³/mol. The van der Waals surface area contributed by atoms with Crippen molar-refractivity contribution >= 4 is 33.6 Å². The molecule has 0 aliphatic heterocycles. The molecule has 1 N–H and O–H groups in total. The van der Waals surface area contributed by atoms with Crippen LogP contribution in [-0.4, -0.2) is 48.0 Å². The molecule has 0 bridgehead atoms. The lowest BCUT2D eigenvalue weighted by Gasteiger charge is -2.18. The third-order valence-electron chi connectivity index (χ3n) is 2.47. The molecule has 6 nitrogen and oxygen atoms in total. The number of carbonyl (C=O) groups excluding carboxylic acids is 2. The number of likely N-dealkylation sites (N-methyl/N-ethyl adjacent to an activating group) is 1. The lowest BCUT2D eigenvalue weighted by atomic mass is 10.4. The van der Waals surface area contributed by atoms with Crippen LogP contribution in [-0.2, 0) is 14.3 Å². The van der Waals surface area contributed by atoms with Crippen molar-refractivity contribution in [2.75, 3.05) is 31.6 Å². The Morgan fingerprint density at radius 2 is 2.10 bits per heavy atom. The zero-order valence-electron chi connectivity index (χ0n) is 11.6. The highest BCUT2D eigenvalue weighted by Gasteiger charge is 2.14. The first kappa shape index (κ1) is 16.6. The number of aromatic nitrogens is 1. The zero-order chi connectivity index (χ0) is 15.0. The van der Waals surface area contributed by atoms with Crippen LogP contribution >= 0.6 is 15.9 Å². The fourth-order valence-corrected chi connectivity index (χ4v) is 1.74. The quantitative estimate of drug-likeness (QED) is 0.762. The molecule has 0 aliphatic carbocycles. The largest absolute Gasteiger partial charge is 0.465 e. The lowest BCUT2D eigenvalue weighted by Crippen LogP contribution is -2.37. The Morgan fingerprint density at radius 1 is 1.35 bits per heavy atom. The van der Waals surface area contributed by atoms with Gasteiger partial charge in [-0.1, -0.05) is 6.92 Å². The molecule has 0 radical (unpaired) electrons. The summed E-state index contributed by atoms with van der Waals surface area (Å²) in [6.45, 7) is 4.77. The Balaban J connectivity index is 2.46. The van der Waals surface area contributed by atoms with E-state index in [1.807, 2.05) is 6.92 Å². The molecule has 20 heavy (non-hydrogen) atoms. The summed E-state index contributed by atoms with van der Waals surface area (Å²) in [6, 6.07) is 3.49. The topological polar surface area (TPSA) is 71.5 Å². The fourth-order valence-electron chi connectivity index (χ4n) is 1.50. The summed E-state index contributed by atoms with van der Waals surface area (Å²) >= 11 is 3.27. The average molecular weight is 344 g/mol. The standard InChI is InChI=1S/C13H18BrN3O3/c1-3-17(9-13(19)20-4-2)8-12(18)16-11-6-5-10(14)7-15-11/h5-7H,3-4,8-9H2,1-2H3,(H,15,16,18). The third kappa shape index (κ3) is 6.12. The first-order valence-corrected chi connectivity index (χ1v) is 7.13. The number of nitrogens with zero attached hydrogens (tertiary/aromatic N) is 2. The Kier molecular flexibility index (Phi) is 7.17. The molecule has 0 saturated heterocycles. The summed E-state index contributed by atoms with van der Waals surface area (Å²) in [4.78, 5) is 29.0. The van der Waals surface area contributed by atoms with E-state index in [-0.39, 0.29) is 25.0 Å². The van der Waals surface area contributed by atoms with Crippen LogP contribution in [0.4, 0.5) is 5.82 Å². The molecule has 0 atom stereocenters. The molecule has 0 aliphatic rings. The molecular weight excluding hydrogens is 326 g/mol. The Bertz CT molecular complexity index is 451. The number of esters is 1. The van der Waals surface area contributed by atoms with Gasteiger partial charge in [-0.05, 0) is 41.5 Å². The van der Waals surface area contributed by atoms with E-state index in [9.17, 15) is 9.59 Å². The summed E-state index contributed by atoms with van der Waals surface area (Å²) in [5, 5.41) is 2.67. The van der Waals surface area contributed by atoms with E-state index < -0.39 is 0 Å². The van der Waals surface area contributed by atoms with Gasteiger partial charge in [0, 0.05) is 10.7 Å². The maximum atomic E-state index is 11.8. The second-order valence-corrected chi connectivity index (χ2v) is 4.93. The van der Waals surface area contributed by atoms with Gasteiger partial charge in [-0.2, -0.15) is 0 Å². The number of halogens is 1. The van der Waals surface area contributed by atoms with E-state index >= 15 is 0 Å². The van der Waals surface area contributed by atoms with E-state index in [1.165, 1.54) is 0 Å². The second kappa shape index (κ2) is 8.65. The molecule has 0 aromatic carbocycles. The van der Waals surface area contributed by atoms with Crippen LogP contribution in [0.3, 0.4) is 0 Å². The first-order chi connectivity index (χ1) is 9.55. The molecule has 1 rings (SSSR count). The number of hydrogen-bond acceptors (Lipinski definition) is 5. The summed E-state index contributed by atoms with van der Waals surface area (Å²) in [6.07, 6.45) is 1.60. The molecule has 7 heteroatoms. The number of rotatable bonds is 7. The van der Waals surface area contributed by atoms with Gasteiger partial charge in [-0.3, -0.25) is 14.5 Å². The van der Waals surface area contributed by atoms with E-state index in [1.54, 1.807) is 30.2 Å². The van der Waals surface area contributed by atoms with E-state index in [0.717, 1.165) is 4.47 Å². The van der Waals surface area contributed by atoms with Crippen molar-refractivity contribution in [3.63, 3.8) is 0 Å². The van der Waals surface area contributed by atoms with Crippen molar-refractivity contribution < 1.29 is 14.3 Å². The summed E-state index contributed by atoms with van der Waals surface area (Å²) in [7, 11) is 0. The van der Waals surface area contributed by atoms with Gasteiger partial charge in [0.15, 0.2) is 0 Å². The average Bonchev–Trinajstić information content (AvgIpc) is 2.41. The molecule has 0 fully saturated rings. The normalized spacial score (nSPS) is 10.4. The lowest BCUT2D eigenvalue weighted by molar-refractivity contribution is -0.144. The highest BCUT2D eigenvalue weighted by atomic mass is 79.9. The van der Waals surface area contributed by atoms with E-state index in [0.29, 0.717) is 19.0 Å². The van der Waals surface area contributed by atoms with Crippen molar-refractivity contribution in [3.8, 4) is 0 Å². The zero-order valence-corrected chi connectivity index (χ0v) is 13.1. The minimum absolute atomic E-state index is 0.103. The summed E-state index contributed by atoms with van der Waals surface area (Å²) in [5.41, 5.74) is 0. The number of amides is 1. The van der Waals surface area contributed by atoms with Crippen molar-refractivity contribution in [3.05, 3.63) is 22.8 Å². The highest BCUT2D eigenvalue weighted by molar-refractivity contribution is 9.10. The number of hydrogen-bond donors (Lipinski definition) is 1. The van der Waals surface area contributed by atoms with Crippen LogP contribution in [0.2, 0.25) is 0 Å². The number of anilines is 1. The van der Waals surface area contributed by atoms with Gasteiger partial charge in [0.25, 0.3) is 0 Å². The van der Waals surface area contributed by atoms with Crippen LogP contribution in [0.25, 0.3) is 0 Å². The van der Waals surface area contributed by atoms with Gasteiger partial charge in [-0.25, -0.2) is 4.98 Å². The maximum Gasteiger partial charge on any atom is 0.320 e. The van der Waals surface area contributed by atoms with Gasteiger partial charge >= 0.3 is 5.97 Å². The molecule has 1 heterocycles. The molecule has 1 aromatic rings. The summed E-state index contributed by atoms with van der Waals surface area (Å²) in [5.74, 6) is -0.0692. The SMILES string of the molecule is CCOC(=O)CN(CC)CC(=O)Nc1ccc(Br)cn1. The number of ether oxygens (including phenoxy) is 1. The fraction of sp³-hybridized carbons (Fsp3) is 0.462. The van der Waals surface area contributed by atoms with Gasteiger partial charge in [0.2, 0.25) is 5.91 Å². The van der Waals surface area contributed by atoms with Crippen molar-refractivity contribution in [1.82, 2.24) is 9.88 Å². The monoisotopic (exact) mass is 343 g/mol. The van der Waals surface area contributed by atoms with Crippen LogP contribution in [0.15, 0.2) is 22.8 Å². The number of pyridine rings is 1. The molecule has 1 amide bonds. The van der Waals surface area contributed by atoms with Gasteiger partial charge in [-0.15, -0.1) is 0 Å². The molecule has 1 aromatic heterocycles. The Morgan fingerprint density at radius 3 is 2.65 bits per heavy atom. The van der Waals surface area contributed by atoms with Crippen LogP contribution in [0.1, 0.15) is 13.8 Å². The molecule has 110 valence electrons. The van der Waals surface area contributed by atoms with E-state index in [2.05, 4.69) is 26.2 Å².